The van der Waals surface area contributed by atoms with Crippen molar-refractivity contribution < 1.29 is 24.0 Å². The Kier molecular flexibility index (Phi) is 7.03. The topological polar surface area (TPSA) is 111 Å². The molecule has 1 heterocycles. The fraction of sp³-hybridized carbons (Fsp3) is 0.600. The first kappa shape index (κ1) is 21.0. The van der Waals surface area contributed by atoms with Gasteiger partial charge in [-0.25, -0.2) is 4.79 Å². The number of carbonyl (C=O) groups excluding carboxylic acids is 2. The maximum absolute atomic E-state index is 12.7. The Morgan fingerprint density at radius 1 is 1.28 bits per heavy atom. The number of morpholine rings is 1. The molecule has 1 aliphatic carbocycles. The summed E-state index contributed by atoms with van der Waals surface area (Å²) in [5.74, 6) is -0.703. The zero-order chi connectivity index (χ0) is 20.8. The van der Waals surface area contributed by atoms with E-state index < -0.39 is 17.5 Å². The maximum atomic E-state index is 12.7. The molecule has 158 valence electrons. The zero-order valence-electron chi connectivity index (χ0n) is 16.6. The van der Waals surface area contributed by atoms with E-state index in [2.05, 4.69) is 12.2 Å². The molecule has 1 amide bonds. The van der Waals surface area contributed by atoms with Gasteiger partial charge in [0.2, 0.25) is 0 Å². The van der Waals surface area contributed by atoms with Gasteiger partial charge in [0, 0.05) is 31.3 Å². The van der Waals surface area contributed by atoms with Crippen LogP contribution in [0.25, 0.3) is 0 Å². The summed E-state index contributed by atoms with van der Waals surface area (Å²) in [5.41, 5.74) is 0.430. The Labute approximate surface area is 169 Å². The summed E-state index contributed by atoms with van der Waals surface area (Å²) in [6, 6.07) is 4.20. The quantitative estimate of drug-likeness (QED) is 0.439. The van der Waals surface area contributed by atoms with Gasteiger partial charge < -0.3 is 19.7 Å². The van der Waals surface area contributed by atoms with E-state index in [0.29, 0.717) is 37.9 Å². The number of ether oxygens (including phenoxy) is 2. The highest BCUT2D eigenvalue weighted by atomic mass is 16.6. The molecule has 1 saturated carbocycles. The lowest BCUT2D eigenvalue weighted by Crippen LogP contribution is -2.43. The second kappa shape index (κ2) is 9.69. The fourth-order valence-electron chi connectivity index (χ4n) is 3.87. The van der Waals surface area contributed by atoms with E-state index in [1.54, 1.807) is 6.07 Å². The molecule has 0 radical (unpaired) electrons. The van der Waals surface area contributed by atoms with Gasteiger partial charge in [-0.2, -0.15) is 0 Å². The molecule has 2 aliphatic rings. The van der Waals surface area contributed by atoms with Gasteiger partial charge >= 0.3 is 5.97 Å². The average Bonchev–Trinajstić information content (AvgIpc) is 2.74. The average molecular weight is 405 g/mol. The van der Waals surface area contributed by atoms with Crippen LogP contribution in [0.4, 0.5) is 11.4 Å². The normalized spacial score (nSPS) is 22.0. The number of nitrogens with zero attached hydrogens (tertiary/aromatic N) is 2. The Morgan fingerprint density at radius 3 is 2.69 bits per heavy atom. The van der Waals surface area contributed by atoms with Crippen molar-refractivity contribution in [1.82, 2.24) is 5.32 Å². The van der Waals surface area contributed by atoms with Crippen molar-refractivity contribution in [2.24, 2.45) is 5.92 Å². The number of nitro benzene ring substituents is 1. The SMILES string of the molecule is C[C@@H]1CCCC[C@H]1NC(=O)COC(=O)c1cc([N+](=O)[O-])ccc1N1CCOCC1. The van der Waals surface area contributed by atoms with E-state index in [1.807, 2.05) is 4.90 Å². The lowest BCUT2D eigenvalue weighted by atomic mass is 9.86. The van der Waals surface area contributed by atoms with Crippen LogP contribution >= 0.6 is 0 Å². The third kappa shape index (κ3) is 5.44. The summed E-state index contributed by atoms with van der Waals surface area (Å²) in [7, 11) is 0. The van der Waals surface area contributed by atoms with Crippen LogP contribution < -0.4 is 10.2 Å². The largest absolute Gasteiger partial charge is 0.452 e. The summed E-state index contributed by atoms with van der Waals surface area (Å²) in [5, 5.41) is 14.1. The van der Waals surface area contributed by atoms with Crippen molar-refractivity contribution in [2.45, 2.75) is 38.6 Å². The highest BCUT2D eigenvalue weighted by Crippen LogP contribution is 2.27. The van der Waals surface area contributed by atoms with Crippen LogP contribution in [0.2, 0.25) is 0 Å². The number of nitrogens with one attached hydrogen (secondary N) is 1. The summed E-state index contributed by atoms with van der Waals surface area (Å²) < 4.78 is 10.5. The van der Waals surface area contributed by atoms with Crippen LogP contribution in [0, 0.1) is 16.0 Å². The first-order chi connectivity index (χ1) is 14.0. The van der Waals surface area contributed by atoms with Gasteiger partial charge in [-0.05, 0) is 24.8 Å². The van der Waals surface area contributed by atoms with Crippen LogP contribution in [0.15, 0.2) is 18.2 Å². The number of esters is 1. The van der Waals surface area contributed by atoms with Gasteiger partial charge in [-0.3, -0.25) is 14.9 Å². The molecule has 1 N–H and O–H groups in total. The number of nitro groups is 1. The van der Waals surface area contributed by atoms with Crippen LogP contribution in [0.1, 0.15) is 43.0 Å². The Bertz CT molecular complexity index is 763. The molecule has 29 heavy (non-hydrogen) atoms. The van der Waals surface area contributed by atoms with Crippen molar-refractivity contribution in [3.63, 3.8) is 0 Å². The minimum Gasteiger partial charge on any atom is -0.452 e. The molecule has 2 fully saturated rings. The molecule has 1 aliphatic heterocycles. The smallest absolute Gasteiger partial charge is 0.341 e. The highest BCUT2D eigenvalue weighted by molar-refractivity contribution is 5.97. The Morgan fingerprint density at radius 2 is 2.00 bits per heavy atom. The number of rotatable bonds is 6. The number of anilines is 1. The van der Waals surface area contributed by atoms with Crippen molar-refractivity contribution in [3.8, 4) is 0 Å². The minimum absolute atomic E-state index is 0.0833. The van der Waals surface area contributed by atoms with Crippen LogP contribution in [-0.4, -0.2) is 55.8 Å². The summed E-state index contributed by atoms with van der Waals surface area (Å²) in [6.45, 7) is 3.85. The lowest BCUT2D eigenvalue weighted by Gasteiger charge is -2.30. The highest BCUT2D eigenvalue weighted by Gasteiger charge is 2.25. The van der Waals surface area contributed by atoms with Gasteiger partial charge in [-0.15, -0.1) is 0 Å². The Hall–Kier alpha value is -2.68. The van der Waals surface area contributed by atoms with Crippen LogP contribution in [0.3, 0.4) is 0 Å². The molecule has 1 aromatic carbocycles. The number of carbonyl (C=O) groups is 2. The monoisotopic (exact) mass is 405 g/mol. The minimum atomic E-state index is -0.748. The molecular formula is C20H27N3O6. The fourth-order valence-corrected chi connectivity index (χ4v) is 3.87. The number of amides is 1. The molecule has 9 heteroatoms. The van der Waals surface area contributed by atoms with Crippen LogP contribution in [-0.2, 0) is 14.3 Å². The Balaban J connectivity index is 1.67. The van der Waals surface area contributed by atoms with Gasteiger partial charge in [-0.1, -0.05) is 19.8 Å². The maximum Gasteiger partial charge on any atom is 0.341 e. The van der Waals surface area contributed by atoms with Gasteiger partial charge in [0.1, 0.15) is 0 Å². The zero-order valence-corrected chi connectivity index (χ0v) is 16.6. The predicted octanol–water partition coefficient (Wildman–Crippen LogP) is 2.28. The van der Waals surface area contributed by atoms with Crippen molar-refractivity contribution in [1.29, 1.82) is 0 Å². The molecule has 1 saturated heterocycles. The number of non-ortho nitro benzene ring substituents is 1. The molecule has 3 rings (SSSR count). The lowest BCUT2D eigenvalue weighted by molar-refractivity contribution is -0.384. The molecule has 0 unspecified atom stereocenters. The number of hydrogen-bond donors (Lipinski definition) is 1. The standard InChI is InChI=1S/C20H27N3O6/c1-14-4-2-3-5-17(14)21-19(24)13-29-20(25)16-12-15(23(26)27)6-7-18(16)22-8-10-28-11-9-22/h6-7,12,14,17H,2-5,8-11,13H2,1H3,(H,21,24)/t14-,17-/m1/s1. The van der Waals surface area contributed by atoms with E-state index in [-0.39, 0.29) is 23.2 Å². The van der Waals surface area contributed by atoms with E-state index >= 15 is 0 Å². The molecule has 0 aromatic heterocycles. The summed E-state index contributed by atoms with van der Waals surface area (Å²) >= 11 is 0. The van der Waals surface area contributed by atoms with Crippen LogP contribution in [0.5, 0.6) is 0 Å². The summed E-state index contributed by atoms with van der Waals surface area (Å²) in [4.78, 5) is 37.4. The molecule has 0 bridgehead atoms. The van der Waals surface area contributed by atoms with Gasteiger partial charge in [0.05, 0.1) is 29.4 Å². The van der Waals surface area contributed by atoms with E-state index in [1.165, 1.54) is 18.6 Å². The first-order valence-electron chi connectivity index (χ1n) is 10.0. The van der Waals surface area contributed by atoms with Crippen molar-refractivity contribution in [2.75, 3.05) is 37.8 Å². The molecular weight excluding hydrogens is 378 g/mol. The van der Waals surface area contributed by atoms with Crippen molar-refractivity contribution in [3.05, 3.63) is 33.9 Å². The predicted molar refractivity (Wildman–Crippen MR) is 106 cm³/mol. The molecule has 2 atom stereocenters. The second-order valence-electron chi connectivity index (χ2n) is 7.57. The third-order valence-corrected chi connectivity index (χ3v) is 5.55. The van der Waals surface area contributed by atoms with Crippen molar-refractivity contribution >= 4 is 23.3 Å². The number of benzene rings is 1. The summed E-state index contributed by atoms with van der Waals surface area (Å²) in [6.07, 6.45) is 4.24. The van der Waals surface area contributed by atoms with E-state index in [9.17, 15) is 19.7 Å². The molecule has 0 spiro atoms. The van der Waals surface area contributed by atoms with Gasteiger partial charge in [0.25, 0.3) is 11.6 Å². The second-order valence-corrected chi connectivity index (χ2v) is 7.57. The molecule has 9 nitrogen and oxygen atoms in total. The van der Waals surface area contributed by atoms with E-state index in [4.69, 9.17) is 9.47 Å². The number of hydrogen-bond acceptors (Lipinski definition) is 7. The first-order valence-corrected chi connectivity index (χ1v) is 10.0. The molecule has 1 aromatic rings. The third-order valence-electron chi connectivity index (χ3n) is 5.55. The van der Waals surface area contributed by atoms with E-state index in [0.717, 1.165) is 19.3 Å². The van der Waals surface area contributed by atoms with Gasteiger partial charge in [0.15, 0.2) is 6.61 Å².